The van der Waals surface area contributed by atoms with Crippen LogP contribution in [-0.4, -0.2) is 19.0 Å². The van der Waals surface area contributed by atoms with Gasteiger partial charge in [-0.1, -0.05) is 19.1 Å². The Morgan fingerprint density at radius 2 is 2.38 bits per heavy atom. The molecular formula is C11H18O2. The van der Waals surface area contributed by atoms with Crippen molar-refractivity contribution in [2.24, 2.45) is 5.92 Å². The van der Waals surface area contributed by atoms with Crippen molar-refractivity contribution in [3.8, 4) is 0 Å². The van der Waals surface area contributed by atoms with Crippen LogP contribution in [0, 0.1) is 5.92 Å². The van der Waals surface area contributed by atoms with Crippen LogP contribution >= 0.6 is 0 Å². The van der Waals surface area contributed by atoms with Crippen LogP contribution in [0.15, 0.2) is 12.2 Å². The second kappa shape index (κ2) is 5.18. The van der Waals surface area contributed by atoms with Crippen molar-refractivity contribution in [3.63, 3.8) is 0 Å². The van der Waals surface area contributed by atoms with E-state index in [4.69, 9.17) is 4.74 Å². The molecule has 0 aromatic rings. The first kappa shape index (κ1) is 10.5. The Balaban J connectivity index is 2.33. The molecule has 13 heavy (non-hydrogen) atoms. The van der Waals surface area contributed by atoms with Crippen molar-refractivity contribution >= 4 is 5.78 Å². The van der Waals surface area contributed by atoms with Crippen LogP contribution in [0.1, 0.15) is 32.6 Å². The third kappa shape index (κ3) is 3.31. The number of rotatable bonds is 4. The molecule has 0 amide bonds. The Labute approximate surface area is 80.0 Å². The first-order valence-corrected chi connectivity index (χ1v) is 5.01. The van der Waals surface area contributed by atoms with Gasteiger partial charge in [-0.2, -0.15) is 0 Å². The highest BCUT2D eigenvalue weighted by Gasteiger charge is 2.21. The zero-order valence-electron chi connectivity index (χ0n) is 8.34. The standard InChI is InChI=1S/C11H18O2/c1-3-9(2)7-11(12)10-5-4-6-13-8-10/h10H,2-8H2,1H3. The third-order valence-corrected chi connectivity index (χ3v) is 2.54. The maximum Gasteiger partial charge on any atom is 0.142 e. The summed E-state index contributed by atoms with van der Waals surface area (Å²) in [5.74, 6) is 0.448. The van der Waals surface area contributed by atoms with Gasteiger partial charge in [-0.3, -0.25) is 4.79 Å². The zero-order chi connectivity index (χ0) is 9.68. The van der Waals surface area contributed by atoms with Gasteiger partial charge in [0.05, 0.1) is 6.61 Å². The van der Waals surface area contributed by atoms with Gasteiger partial charge < -0.3 is 4.74 Å². The van der Waals surface area contributed by atoms with Crippen molar-refractivity contribution in [2.45, 2.75) is 32.6 Å². The molecule has 0 aliphatic carbocycles. The molecule has 0 saturated carbocycles. The lowest BCUT2D eigenvalue weighted by molar-refractivity contribution is -0.126. The molecule has 1 rings (SSSR count). The van der Waals surface area contributed by atoms with Gasteiger partial charge >= 0.3 is 0 Å². The topological polar surface area (TPSA) is 26.3 Å². The minimum absolute atomic E-state index is 0.136. The number of carbonyl (C=O) groups excluding carboxylic acids is 1. The highest BCUT2D eigenvalue weighted by molar-refractivity contribution is 5.83. The lowest BCUT2D eigenvalue weighted by Gasteiger charge is -2.20. The molecule has 0 bridgehead atoms. The number of allylic oxidation sites excluding steroid dienone is 1. The summed E-state index contributed by atoms with van der Waals surface area (Å²) in [6.07, 6.45) is 3.47. The molecule has 0 aromatic heterocycles. The predicted molar refractivity (Wildman–Crippen MR) is 52.6 cm³/mol. The number of hydrogen-bond acceptors (Lipinski definition) is 2. The second-order valence-corrected chi connectivity index (χ2v) is 3.66. The molecule has 1 heterocycles. The molecule has 2 heteroatoms. The normalized spacial score (nSPS) is 22.7. The molecule has 0 aromatic carbocycles. The van der Waals surface area contributed by atoms with Gasteiger partial charge in [0.15, 0.2) is 0 Å². The highest BCUT2D eigenvalue weighted by Crippen LogP contribution is 2.18. The van der Waals surface area contributed by atoms with Gasteiger partial charge in [-0.15, -0.1) is 0 Å². The number of carbonyl (C=O) groups is 1. The van der Waals surface area contributed by atoms with Gasteiger partial charge in [0, 0.05) is 18.9 Å². The predicted octanol–water partition coefficient (Wildman–Crippen LogP) is 2.34. The van der Waals surface area contributed by atoms with Crippen molar-refractivity contribution < 1.29 is 9.53 Å². The summed E-state index contributed by atoms with van der Waals surface area (Å²) in [5.41, 5.74) is 1.04. The molecule has 1 unspecified atom stereocenters. The van der Waals surface area contributed by atoms with E-state index >= 15 is 0 Å². The maximum atomic E-state index is 11.6. The Morgan fingerprint density at radius 1 is 1.62 bits per heavy atom. The van der Waals surface area contributed by atoms with E-state index in [1.54, 1.807) is 0 Å². The first-order chi connectivity index (χ1) is 6.24. The highest BCUT2D eigenvalue weighted by atomic mass is 16.5. The number of hydrogen-bond donors (Lipinski definition) is 0. The zero-order valence-corrected chi connectivity index (χ0v) is 8.34. The Kier molecular flexibility index (Phi) is 4.16. The largest absolute Gasteiger partial charge is 0.381 e. The summed E-state index contributed by atoms with van der Waals surface area (Å²) in [6, 6.07) is 0. The molecule has 1 aliphatic rings. The lowest BCUT2D eigenvalue weighted by Crippen LogP contribution is -2.25. The molecule has 0 radical (unpaired) electrons. The fourth-order valence-corrected chi connectivity index (χ4v) is 1.51. The van der Waals surface area contributed by atoms with Crippen molar-refractivity contribution in [1.82, 2.24) is 0 Å². The maximum absolute atomic E-state index is 11.6. The first-order valence-electron chi connectivity index (χ1n) is 5.01. The van der Waals surface area contributed by atoms with Crippen LogP contribution in [0.25, 0.3) is 0 Å². The Hall–Kier alpha value is -0.630. The van der Waals surface area contributed by atoms with Gasteiger partial charge in [0.25, 0.3) is 0 Å². The lowest BCUT2D eigenvalue weighted by atomic mass is 9.93. The SMILES string of the molecule is C=C(CC)CC(=O)C1CCCOC1. The van der Waals surface area contributed by atoms with Crippen LogP contribution in [-0.2, 0) is 9.53 Å². The number of Topliss-reactive ketones (excluding diaryl/α,β-unsaturated/α-hetero) is 1. The number of ether oxygens (including phenoxy) is 1. The van der Waals surface area contributed by atoms with E-state index in [1.807, 2.05) is 6.92 Å². The Bertz CT molecular complexity index is 190. The molecule has 2 nitrogen and oxygen atoms in total. The smallest absolute Gasteiger partial charge is 0.142 e. The van der Waals surface area contributed by atoms with Crippen LogP contribution in [0.2, 0.25) is 0 Å². The minimum Gasteiger partial charge on any atom is -0.381 e. The van der Waals surface area contributed by atoms with E-state index < -0.39 is 0 Å². The van der Waals surface area contributed by atoms with E-state index in [-0.39, 0.29) is 5.92 Å². The third-order valence-electron chi connectivity index (χ3n) is 2.54. The molecule has 1 saturated heterocycles. The summed E-state index contributed by atoms with van der Waals surface area (Å²) < 4.78 is 5.27. The summed E-state index contributed by atoms with van der Waals surface area (Å²) in [4.78, 5) is 11.6. The summed E-state index contributed by atoms with van der Waals surface area (Å²) >= 11 is 0. The van der Waals surface area contributed by atoms with E-state index in [2.05, 4.69) is 6.58 Å². The summed E-state index contributed by atoms with van der Waals surface area (Å²) in [7, 11) is 0. The van der Waals surface area contributed by atoms with E-state index in [0.29, 0.717) is 18.8 Å². The average Bonchev–Trinajstić information content (AvgIpc) is 2.19. The Morgan fingerprint density at radius 3 is 2.92 bits per heavy atom. The van der Waals surface area contributed by atoms with Gasteiger partial charge in [0.1, 0.15) is 5.78 Å². The molecule has 0 N–H and O–H groups in total. The second-order valence-electron chi connectivity index (χ2n) is 3.66. The van der Waals surface area contributed by atoms with Crippen LogP contribution in [0.3, 0.4) is 0 Å². The minimum atomic E-state index is 0.136. The van der Waals surface area contributed by atoms with Gasteiger partial charge in [-0.05, 0) is 19.3 Å². The monoisotopic (exact) mass is 182 g/mol. The summed E-state index contributed by atoms with van der Waals surface area (Å²) in [6.45, 7) is 7.32. The van der Waals surface area contributed by atoms with Gasteiger partial charge in [-0.25, -0.2) is 0 Å². The van der Waals surface area contributed by atoms with Crippen molar-refractivity contribution in [2.75, 3.05) is 13.2 Å². The van der Waals surface area contributed by atoms with Crippen LogP contribution in [0.5, 0.6) is 0 Å². The number of ketones is 1. The van der Waals surface area contributed by atoms with E-state index in [9.17, 15) is 4.79 Å². The van der Waals surface area contributed by atoms with Crippen molar-refractivity contribution in [3.05, 3.63) is 12.2 Å². The quantitative estimate of drug-likeness (QED) is 0.624. The van der Waals surface area contributed by atoms with Crippen molar-refractivity contribution in [1.29, 1.82) is 0 Å². The van der Waals surface area contributed by atoms with Gasteiger partial charge in [0.2, 0.25) is 0 Å². The van der Waals surface area contributed by atoms with E-state index in [1.165, 1.54) is 0 Å². The molecule has 1 atom stereocenters. The summed E-state index contributed by atoms with van der Waals surface area (Å²) in [5, 5.41) is 0. The van der Waals surface area contributed by atoms with Crippen LogP contribution < -0.4 is 0 Å². The van der Waals surface area contributed by atoms with E-state index in [0.717, 1.165) is 31.4 Å². The molecule has 1 fully saturated rings. The van der Waals surface area contributed by atoms with Crippen LogP contribution in [0.4, 0.5) is 0 Å². The molecule has 1 aliphatic heterocycles. The molecule has 0 spiro atoms. The average molecular weight is 182 g/mol. The molecule has 74 valence electrons. The fourth-order valence-electron chi connectivity index (χ4n) is 1.51. The fraction of sp³-hybridized carbons (Fsp3) is 0.727. The molecular weight excluding hydrogens is 164 g/mol.